The largest absolute Gasteiger partial charge is 0.495 e. The highest BCUT2D eigenvalue weighted by Gasteiger charge is 2.26. The molecule has 2 aromatic rings. The van der Waals surface area contributed by atoms with Crippen molar-refractivity contribution >= 4 is 27.4 Å². The molecule has 1 aliphatic heterocycles. The number of hydrogen-bond acceptors (Lipinski definition) is 8. The number of carbonyl (C=O) groups excluding carboxylic acids is 1. The second kappa shape index (κ2) is 10.4. The van der Waals surface area contributed by atoms with E-state index in [1.165, 1.54) is 47.9 Å². The number of aromatic nitrogens is 1. The van der Waals surface area contributed by atoms with E-state index in [4.69, 9.17) is 9.47 Å². The molecule has 1 aromatic heterocycles. The number of ether oxygens (including phenoxy) is 2. The molecule has 1 N–H and O–H groups in total. The van der Waals surface area contributed by atoms with E-state index >= 15 is 0 Å². The molecule has 0 unspecified atom stereocenters. The van der Waals surface area contributed by atoms with Crippen molar-refractivity contribution in [1.29, 1.82) is 0 Å². The number of hydrogen-bond donors (Lipinski definition) is 1. The lowest BCUT2D eigenvalue weighted by Crippen LogP contribution is -2.32. The van der Waals surface area contributed by atoms with Gasteiger partial charge in [0.15, 0.2) is 6.61 Å². The van der Waals surface area contributed by atoms with Crippen molar-refractivity contribution in [3.63, 3.8) is 0 Å². The van der Waals surface area contributed by atoms with Crippen molar-refractivity contribution in [1.82, 2.24) is 9.29 Å². The van der Waals surface area contributed by atoms with Gasteiger partial charge in [0, 0.05) is 13.1 Å². The molecule has 32 heavy (non-hydrogen) atoms. The van der Waals surface area contributed by atoms with Gasteiger partial charge in [-0.2, -0.15) is 4.31 Å². The topological polar surface area (TPSA) is 141 Å². The molecule has 0 spiro atoms. The zero-order valence-corrected chi connectivity index (χ0v) is 18.3. The van der Waals surface area contributed by atoms with Gasteiger partial charge in [0.25, 0.3) is 5.91 Å². The standard InChI is InChI=1S/C20H24N4O7S/c1-30-17-9-8-15(32(28,29)23-11-4-2-3-5-12-23)13-16(17)22-19(25)14-31-18-7-6-10-21-20(18)24(26)27/h6-10,13H,2-5,11-12,14H2,1H3,(H,22,25). The third kappa shape index (κ3) is 5.51. The maximum Gasteiger partial charge on any atom is 0.406 e. The van der Waals surface area contributed by atoms with Crippen molar-refractivity contribution in [2.24, 2.45) is 0 Å². The predicted octanol–water partition coefficient (Wildman–Crippen LogP) is 2.58. The summed E-state index contributed by atoms with van der Waals surface area (Å²) in [6.07, 6.45) is 4.83. The Balaban J connectivity index is 1.76. The Labute approximate surface area is 185 Å². The summed E-state index contributed by atoms with van der Waals surface area (Å²) in [6.45, 7) is 0.361. The van der Waals surface area contributed by atoms with E-state index in [2.05, 4.69) is 10.3 Å². The Morgan fingerprint density at radius 2 is 1.91 bits per heavy atom. The number of sulfonamides is 1. The monoisotopic (exact) mass is 464 g/mol. The van der Waals surface area contributed by atoms with Gasteiger partial charge in [-0.15, -0.1) is 0 Å². The minimum Gasteiger partial charge on any atom is -0.495 e. The van der Waals surface area contributed by atoms with E-state index in [-0.39, 0.29) is 22.1 Å². The van der Waals surface area contributed by atoms with E-state index in [1.807, 2.05) is 0 Å². The maximum atomic E-state index is 13.1. The van der Waals surface area contributed by atoms with Gasteiger partial charge in [-0.3, -0.25) is 4.79 Å². The van der Waals surface area contributed by atoms with E-state index < -0.39 is 33.3 Å². The lowest BCUT2D eigenvalue weighted by atomic mass is 10.2. The van der Waals surface area contributed by atoms with E-state index in [0.717, 1.165) is 25.7 Å². The van der Waals surface area contributed by atoms with Gasteiger partial charge in [0.2, 0.25) is 15.8 Å². The molecular weight excluding hydrogens is 440 g/mol. The molecule has 0 atom stereocenters. The SMILES string of the molecule is COc1ccc(S(=O)(=O)N2CCCCCC2)cc1NC(=O)COc1cccnc1[N+](=O)[O-]. The molecular formula is C20H24N4O7S. The number of benzene rings is 1. The summed E-state index contributed by atoms with van der Waals surface area (Å²) < 4.78 is 38.0. The first-order valence-corrected chi connectivity index (χ1v) is 11.5. The maximum absolute atomic E-state index is 13.1. The number of methoxy groups -OCH3 is 1. The summed E-state index contributed by atoms with van der Waals surface area (Å²) in [7, 11) is -2.33. The summed E-state index contributed by atoms with van der Waals surface area (Å²) >= 11 is 0. The van der Waals surface area contributed by atoms with Crippen LogP contribution in [-0.4, -0.2) is 55.3 Å². The van der Waals surface area contributed by atoms with Gasteiger partial charge in [0.05, 0.1) is 17.7 Å². The minimum absolute atomic E-state index is 0.0410. The number of rotatable bonds is 8. The average Bonchev–Trinajstić information content (AvgIpc) is 3.08. The molecule has 0 bridgehead atoms. The van der Waals surface area contributed by atoms with Crippen LogP contribution in [0.3, 0.4) is 0 Å². The van der Waals surface area contributed by atoms with Crippen LogP contribution in [0.5, 0.6) is 11.5 Å². The number of nitro groups is 1. The van der Waals surface area contributed by atoms with Crippen molar-refractivity contribution in [2.45, 2.75) is 30.6 Å². The first-order valence-electron chi connectivity index (χ1n) is 10.0. The molecule has 1 aliphatic rings. The normalized spacial score (nSPS) is 14.9. The Hall–Kier alpha value is -3.25. The third-order valence-corrected chi connectivity index (χ3v) is 6.83. The summed E-state index contributed by atoms with van der Waals surface area (Å²) in [5, 5.41) is 13.6. The van der Waals surface area contributed by atoms with Crippen LogP contribution in [0, 0.1) is 10.1 Å². The van der Waals surface area contributed by atoms with Crippen LogP contribution in [0.25, 0.3) is 0 Å². The molecule has 12 heteroatoms. The first-order chi connectivity index (χ1) is 15.3. The molecule has 1 amide bonds. The summed E-state index contributed by atoms with van der Waals surface area (Å²) in [4.78, 5) is 26.3. The van der Waals surface area contributed by atoms with Crippen molar-refractivity contribution in [3.05, 3.63) is 46.6 Å². The Bertz CT molecular complexity index is 1080. The molecule has 1 aromatic carbocycles. The zero-order valence-electron chi connectivity index (χ0n) is 17.5. The number of anilines is 1. The first kappa shape index (κ1) is 23.4. The van der Waals surface area contributed by atoms with Crippen LogP contribution in [-0.2, 0) is 14.8 Å². The number of amides is 1. The van der Waals surface area contributed by atoms with Crippen molar-refractivity contribution in [2.75, 3.05) is 32.1 Å². The highest BCUT2D eigenvalue weighted by molar-refractivity contribution is 7.89. The number of nitrogens with zero attached hydrogens (tertiary/aromatic N) is 3. The van der Waals surface area contributed by atoms with Crippen molar-refractivity contribution < 1.29 is 27.6 Å². The Kier molecular flexibility index (Phi) is 7.59. The van der Waals surface area contributed by atoms with Crippen LogP contribution in [0.4, 0.5) is 11.5 Å². The van der Waals surface area contributed by atoms with Gasteiger partial charge >= 0.3 is 5.82 Å². The molecule has 1 fully saturated rings. The fourth-order valence-corrected chi connectivity index (χ4v) is 4.88. The summed E-state index contributed by atoms with van der Waals surface area (Å²) in [5.41, 5.74) is 0.151. The van der Waals surface area contributed by atoms with Gasteiger partial charge in [-0.25, -0.2) is 8.42 Å². The molecule has 172 valence electrons. The smallest absolute Gasteiger partial charge is 0.406 e. The Morgan fingerprint density at radius 3 is 2.56 bits per heavy atom. The Morgan fingerprint density at radius 1 is 1.19 bits per heavy atom. The number of pyridine rings is 1. The fraction of sp³-hybridized carbons (Fsp3) is 0.400. The summed E-state index contributed by atoms with van der Waals surface area (Å²) in [6, 6.07) is 7.01. The number of nitrogens with one attached hydrogen (secondary N) is 1. The van der Waals surface area contributed by atoms with Gasteiger partial charge in [0.1, 0.15) is 11.9 Å². The minimum atomic E-state index is -3.73. The molecule has 11 nitrogen and oxygen atoms in total. The zero-order chi connectivity index (χ0) is 23.1. The third-order valence-electron chi connectivity index (χ3n) is 4.93. The highest BCUT2D eigenvalue weighted by atomic mass is 32.2. The van der Waals surface area contributed by atoms with Crippen LogP contribution in [0.2, 0.25) is 0 Å². The molecule has 2 heterocycles. The molecule has 0 aliphatic carbocycles. The van der Waals surface area contributed by atoms with Gasteiger partial charge in [-0.1, -0.05) is 12.8 Å². The van der Waals surface area contributed by atoms with Crippen LogP contribution in [0.1, 0.15) is 25.7 Å². The lowest BCUT2D eigenvalue weighted by molar-refractivity contribution is -0.390. The second-order valence-electron chi connectivity index (χ2n) is 7.10. The number of carbonyl (C=O) groups is 1. The van der Waals surface area contributed by atoms with E-state index in [9.17, 15) is 23.3 Å². The van der Waals surface area contributed by atoms with Gasteiger partial charge < -0.3 is 24.9 Å². The van der Waals surface area contributed by atoms with Crippen LogP contribution >= 0.6 is 0 Å². The quantitative estimate of drug-likeness (QED) is 0.464. The lowest BCUT2D eigenvalue weighted by Gasteiger charge is -2.21. The average molecular weight is 465 g/mol. The fourth-order valence-electron chi connectivity index (χ4n) is 3.34. The predicted molar refractivity (Wildman–Crippen MR) is 115 cm³/mol. The molecule has 0 radical (unpaired) electrons. The second-order valence-corrected chi connectivity index (χ2v) is 9.04. The van der Waals surface area contributed by atoms with Crippen LogP contribution in [0.15, 0.2) is 41.4 Å². The van der Waals surface area contributed by atoms with Crippen LogP contribution < -0.4 is 14.8 Å². The van der Waals surface area contributed by atoms with E-state index in [0.29, 0.717) is 13.1 Å². The molecule has 1 saturated heterocycles. The molecule has 3 rings (SSSR count). The molecule has 0 saturated carbocycles. The highest BCUT2D eigenvalue weighted by Crippen LogP contribution is 2.30. The van der Waals surface area contributed by atoms with Gasteiger partial charge in [-0.05, 0) is 53.1 Å². The summed E-state index contributed by atoms with van der Waals surface area (Å²) in [5.74, 6) is -1.05. The van der Waals surface area contributed by atoms with E-state index in [1.54, 1.807) is 0 Å². The van der Waals surface area contributed by atoms with Crippen molar-refractivity contribution in [3.8, 4) is 11.5 Å².